The molecule has 2 aromatic carbocycles. The Bertz CT molecular complexity index is 744. The Hall–Kier alpha value is -2.35. The highest BCUT2D eigenvalue weighted by molar-refractivity contribution is 6.74. The van der Waals surface area contributed by atoms with Crippen LogP contribution < -0.4 is 4.90 Å². The standard InChI is InChI=1S/C22H27NO2Si/c1-22(2,3)26(4,5)25-18-12-17-21(24)23(19-13-8-6-9-14-19)20-15-10-7-11-16-20/h6-11,13-16H,18H2,1-5H3. The average Bonchev–Trinajstić information content (AvgIpc) is 2.60. The third-order valence-electron chi connectivity index (χ3n) is 4.74. The van der Waals surface area contributed by atoms with Crippen LogP contribution in [0.1, 0.15) is 20.8 Å². The van der Waals surface area contributed by atoms with Crippen LogP contribution in [0.25, 0.3) is 0 Å². The SMILES string of the molecule is CC(C)(C)[Si](C)(C)OCC#CC(=O)N(c1ccccc1)c1ccccc1. The van der Waals surface area contributed by atoms with E-state index < -0.39 is 8.32 Å². The predicted molar refractivity (Wildman–Crippen MR) is 111 cm³/mol. The van der Waals surface area contributed by atoms with Crippen molar-refractivity contribution in [3.05, 3.63) is 60.7 Å². The summed E-state index contributed by atoms with van der Waals surface area (Å²) in [5.41, 5.74) is 1.59. The Morgan fingerprint density at radius 1 is 0.962 bits per heavy atom. The van der Waals surface area contributed by atoms with Gasteiger partial charge in [-0.25, -0.2) is 0 Å². The minimum atomic E-state index is -1.86. The molecule has 0 aliphatic carbocycles. The van der Waals surface area contributed by atoms with Crippen LogP contribution in [0.2, 0.25) is 18.1 Å². The topological polar surface area (TPSA) is 29.5 Å². The van der Waals surface area contributed by atoms with E-state index in [-0.39, 0.29) is 17.6 Å². The number of hydrogen-bond donors (Lipinski definition) is 0. The Balaban J connectivity index is 2.17. The summed E-state index contributed by atoms with van der Waals surface area (Å²) in [6.45, 7) is 11.2. The van der Waals surface area contributed by atoms with E-state index >= 15 is 0 Å². The molecule has 26 heavy (non-hydrogen) atoms. The van der Waals surface area contributed by atoms with Gasteiger partial charge < -0.3 is 4.43 Å². The summed E-state index contributed by atoms with van der Waals surface area (Å²) in [5.74, 6) is 5.38. The molecule has 0 heterocycles. The first-order valence-electron chi connectivity index (χ1n) is 8.79. The summed E-state index contributed by atoms with van der Waals surface area (Å²) in [4.78, 5) is 14.4. The normalized spacial score (nSPS) is 11.4. The molecule has 0 bridgehead atoms. The van der Waals surface area contributed by atoms with Crippen molar-refractivity contribution < 1.29 is 9.22 Å². The fraction of sp³-hybridized carbons (Fsp3) is 0.318. The number of anilines is 2. The van der Waals surface area contributed by atoms with Crippen LogP contribution in [0.4, 0.5) is 11.4 Å². The first-order chi connectivity index (χ1) is 12.2. The molecule has 2 aromatic rings. The van der Waals surface area contributed by atoms with Crippen LogP contribution in [0.5, 0.6) is 0 Å². The third kappa shape index (κ3) is 5.07. The number of benzene rings is 2. The lowest BCUT2D eigenvalue weighted by Gasteiger charge is -2.35. The molecular weight excluding hydrogens is 338 g/mol. The van der Waals surface area contributed by atoms with Gasteiger partial charge >= 0.3 is 5.91 Å². The number of para-hydroxylation sites is 2. The molecule has 136 valence electrons. The zero-order valence-electron chi connectivity index (χ0n) is 16.2. The van der Waals surface area contributed by atoms with E-state index in [0.717, 1.165) is 11.4 Å². The lowest BCUT2D eigenvalue weighted by Crippen LogP contribution is -2.40. The van der Waals surface area contributed by atoms with Gasteiger partial charge in [0.25, 0.3) is 0 Å². The molecule has 0 unspecified atom stereocenters. The first-order valence-corrected chi connectivity index (χ1v) is 11.7. The molecule has 2 rings (SSSR count). The second-order valence-corrected chi connectivity index (χ2v) is 12.5. The Morgan fingerprint density at radius 3 is 1.85 bits per heavy atom. The minimum Gasteiger partial charge on any atom is -0.406 e. The highest BCUT2D eigenvalue weighted by Gasteiger charge is 2.36. The number of carbonyl (C=O) groups excluding carboxylic acids is 1. The monoisotopic (exact) mass is 365 g/mol. The molecule has 0 aromatic heterocycles. The average molecular weight is 366 g/mol. The van der Waals surface area contributed by atoms with Gasteiger partial charge in [0.15, 0.2) is 8.32 Å². The van der Waals surface area contributed by atoms with Crippen LogP contribution in [0.3, 0.4) is 0 Å². The van der Waals surface area contributed by atoms with E-state index in [1.165, 1.54) is 0 Å². The molecular formula is C22H27NO2Si. The second kappa shape index (κ2) is 8.35. The van der Waals surface area contributed by atoms with Crippen LogP contribution in [0.15, 0.2) is 60.7 Å². The van der Waals surface area contributed by atoms with Crippen molar-refractivity contribution in [2.75, 3.05) is 11.5 Å². The zero-order valence-corrected chi connectivity index (χ0v) is 17.2. The van der Waals surface area contributed by atoms with Gasteiger partial charge in [-0.15, -0.1) is 0 Å². The van der Waals surface area contributed by atoms with Gasteiger partial charge in [-0.1, -0.05) is 63.1 Å². The van der Waals surface area contributed by atoms with E-state index in [0.29, 0.717) is 0 Å². The fourth-order valence-corrected chi connectivity index (χ4v) is 3.00. The van der Waals surface area contributed by atoms with Crippen LogP contribution >= 0.6 is 0 Å². The molecule has 4 heteroatoms. The summed E-state index contributed by atoms with van der Waals surface area (Å²) >= 11 is 0. The van der Waals surface area contributed by atoms with Crippen molar-refractivity contribution in [1.82, 2.24) is 0 Å². The molecule has 0 aliphatic heterocycles. The Morgan fingerprint density at radius 2 is 1.42 bits per heavy atom. The number of hydrogen-bond acceptors (Lipinski definition) is 2. The molecule has 0 N–H and O–H groups in total. The summed E-state index contributed by atoms with van der Waals surface area (Å²) in [7, 11) is -1.86. The molecule has 0 saturated heterocycles. The Kier molecular flexibility index (Phi) is 6.41. The molecule has 0 fully saturated rings. The lowest BCUT2D eigenvalue weighted by molar-refractivity contribution is -0.112. The van der Waals surface area contributed by atoms with E-state index in [1.807, 2.05) is 60.7 Å². The summed E-state index contributed by atoms with van der Waals surface area (Å²) in [6.07, 6.45) is 0. The highest BCUT2D eigenvalue weighted by atomic mass is 28.4. The number of carbonyl (C=O) groups is 1. The summed E-state index contributed by atoms with van der Waals surface area (Å²) < 4.78 is 6.03. The molecule has 3 nitrogen and oxygen atoms in total. The maximum Gasteiger partial charge on any atom is 0.307 e. The summed E-state index contributed by atoms with van der Waals surface area (Å²) in [6, 6.07) is 19.1. The third-order valence-corrected chi connectivity index (χ3v) is 9.22. The quantitative estimate of drug-likeness (QED) is 0.538. The van der Waals surface area contributed by atoms with Gasteiger partial charge in [-0.05, 0) is 48.3 Å². The van der Waals surface area contributed by atoms with Gasteiger partial charge in [0, 0.05) is 11.4 Å². The van der Waals surface area contributed by atoms with E-state index in [1.54, 1.807) is 4.90 Å². The molecule has 0 radical (unpaired) electrons. The molecule has 0 spiro atoms. The fourth-order valence-electron chi connectivity index (χ4n) is 2.14. The number of rotatable bonds is 4. The first kappa shape index (κ1) is 20.0. The van der Waals surface area contributed by atoms with Crippen molar-refractivity contribution in [2.24, 2.45) is 0 Å². The predicted octanol–water partition coefficient (Wildman–Crippen LogP) is 5.38. The second-order valence-electron chi connectivity index (χ2n) is 7.66. The minimum absolute atomic E-state index is 0.124. The zero-order chi connectivity index (χ0) is 19.2. The maximum atomic E-state index is 12.8. The van der Waals surface area contributed by atoms with Gasteiger partial charge in [0.2, 0.25) is 0 Å². The van der Waals surface area contributed by atoms with Crippen molar-refractivity contribution in [1.29, 1.82) is 0 Å². The number of nitrogens with zero attached hydrogens (tertiary/aromatic N) is 1. The largest absolute Gasteiger partial charge is 0.406 e. The van der Waals surface area contributed by atoms with E-state index in [9.17, 15) is 4.79 Å². The maximum absolute atomic E-state index is 12.8. The molecule has 0 atom stereocenters. The smallest absolute Gasteiger partial charge is 0.307 e. The summed E-state index contributed by atoms with van der Waals surface area (Å²) in [5, 5.41) is 0.124. The molecule has 0 saturated carbocycles. The van der Waals surface area contributed by atoms with Crippen molar-refractivity contribution >= 4 is 25.6 Å². The van der Waals surface area contributed by atoms with Crippen LogP contribution in [-0.2, 0) is 9.22 Å². The van der Waals surface area contributed by atoms with Crippen molar-refractivity contribution in [3.63, 3.8) is 0 Å². The van der Waals surface area contributed by atoms with Crippen molar-refractivity contribution in [2.45, 2.75) is 38.9 Å². The van der Waals surface area contributed by atoms with E-state index in [4.69, 9.17) is 4.43 Å². The Labute approximate surface area is 158 Å². The lowest BCUT2D eigenvalue weighted by atomic mass is 10.2. The van der Waals surface area contributed by atoms with Gasteiger partial charge in [-0.2, -0.15) is 0 Å². The van der Waals surface area contributed by atoms with Crippen LogP contribution in [0, 0.1) is 11.8 Å². The molecule has 0 aliphatic rings. The number of amides is 1. The van der Waals surface area contributed by atoms with Crippen LogP contribution in [-0.4, -0.2) is 20.8 Å². The highest BCUT2D eigenvalue weighted by Crippen LogP contribution is 2.36. The van der Waals surface area contributed by atoms with Gasteiger partial charge in [-0.3, -0.25) is 9.69 Å². The molecule has 1 amide bonds. The van der Waals surface area contributed by atoms with Crippen molar-refractivity contribution in [3.8, 4) is 11.8 Å². The van der Waals surface area contributed by atoms with Gasteiger partial charge in [0.1, 0.15) is 0 Å². The van der Waals surface area contributed by atoms with Gasteiger partial charge in [0.05, 0.1) is 6.61 Å². The van der Waals surface area contributed by atoms with E-state index in [2.05, 4.69) is 45.7 Å².